The zero-order valence-corrected chi connectivity index (χ0v) is 9.15. The van der Waals surface area contributed by atoms with Crippen molar-refractivity contribution in [2.24, 2.45) is 0 Å². The standard InChI is InChI=1S/C13H9F3O2/c14-13(15,16)18-12-9-5-4-8-11(12)17-10-6-2-1-3-7-10/h1-9H. The van der Waals surface area contributed by atoms with Crippen LogP contribution in [-0.4, -0.2) is 6.36 Å². The van der Waals surface area contributed by atoms with E-state index in [9.17, 15) is 13.2 Å². The lowest BCUT2D eigenvalue weighted by molar-refractivity contribution is -0.275. The van der Waals surface area contributed by atoms with Crippen LogP contribution in [0.1, 0.15) is 0 Å². The topological polar surface area (TPSA) is 18.5 Å². The molecule has 0 bridgehead atoms. The Morgan fingerprint density at radius 1 is 0.722 bits per heavy atom. The van der Waals surface area contributed by atoms with Crippen molar-refractivity contribution in [1.29, 1.82) is 0 Å². The maximum Gasteiger partial charge on any atom is 0.573 e. The summed E-state index contributed by atoms with van der Waals surface area (Å²) in [6.45, 7) is 0. The molecule has 2 aromatic rings. The molecule has 94 valence electrons. The van der Waals surface area contributed by atoms with Crippen LogP contribution in [0, 0.1) is 0 Å². The van der Waals surface area contributed by atoms with Crippen molar-refractivity contribution in [2.75, 3.05) is 0 Å². The van der Waals surface area contributed by atoms with E-state index < -0.39 is 6.36 Å². The van der Waals surface area contributed by atoms with E-state index in [-0.39, 0.29) is 11.5 Å². The summed E-state index contributed by atoms with van der Waals surface area (Å²) in [7, 11) is 0. The summed E-state index contributed by atoms with van der Waals surface area (Å²) in [6, 6.07) is 14.1. The molecule has 0 spiro atoms. The summed E-state index contributed by atoms with van der Waals surface area (Å²) in [4.78, 5) is 0. The van der Waals surface area contributed by atoms with Crippen molar-refractivity contribution in [3.8, 4) is 17.2 Å². The summed E-state index contributed by atoms with van der Waals surface area (Å²) in [6.07, 6.45) is -4.74. The molecule has 0 aromatic heterocycles. The average molecular weight is 254 g/mol. The van der Waals surface area contributed by atoms with Gasteiger partial charge in [-0.1, -0.05) is 30.3 Å². The van der Waals surface area contributed by atoms with E-state index in [0.29, 0.717) is 5.75 Å². The quantitative estimate of drug-likeness (QED) is 0.809. The molecule has 2 aromatic carbocycles. The normalized spacial score (nSPS) is 11.1. The van der Waals surface area contributed by atoms with Gasteiger partial charge in [-0.05, 0) is 24.3 Å². The van der Waals surface area contributed by atoms with Crippen LogP contribution >= 0.6 is 0 Å². The molecule has 0 heterocycles. The summed E-state index contributed by atoms with van der Waals surface area (Å²) in [5.41, 5.74) is 0. The molecule has 0 aliphatic carbocycles. The highest BCUT2D eigenvalue weighted by molar-refractivity contribution is 5.42. The molecule has 2 nitrogen and oxygen atoms in total. The van der Waals surface area contributed by atoms with Gasteiger partial charge in [-0.3, -0.25) is 0 Å². The molecule has 0 N–H and O–H groups in total. The minimum Gasteiger partial charge on any atom is -0.453 e. The number of halogens is 3. The van der Waals surface area contributed by atoms with Crippen LogP contribution in [0.4, 0.5) is 13.2 Å². The second-order valence-electron chi connectivity index (χ2n) is 3.41. The van der Waals surface area contributed by atoms with E-state index in [1.165, 1.54) is 18.2 Å². The van der Waals surface area contributed by atoms with Crippen LogP contribution in [0.25, 0.3) is 0 Å². The van der Waals surface area contributed by atoms with Crippen molar-refractivity contribution < 1.29 is 22.6 Å². The molecule has 0 saturated carbocycles. The van der Waals surface area contributed by atoms with Gasteiger partial charge in [0.25, 0.3) is 0 Å². The minimum absolute atomic E-state index is 0.0148. The van der Waals surface area contributed by atoms with Gasteiger partial charge in [-0.15, -0.1) is 13.2 Å². The zero-order valence-electron chi connectivity index (χ0n) is 9.15. The van der Waals surface area contributed by atoms with Gasteiger partial charge in [-0.25, -0.2) is 0 Å². The zero-order chi connectivity index (χ0) is 13.0. The summed E-state index contributed by atoms with van der Waals surface area (Å²) in [5, 5.41) is 0. The summed E-state index contributed by atoms with van der Waals surface area (Å²) >= 11 is 0. The van der Waals surface area contributed by atoms with Crippen molar-refractivity contribution in [2.45, 2.75) is 6.36 Å². The van der Waals surface area contributed by atoms with Crippen molar-refractivity contribution >= 4 is 0 Å². The van der Waals surface area contributed by atoms with E-state index in [0.717, 1.165) is 0 Å². The van der Waals surface area contributed by atoms with Crippen molar-refractivity contribution in [3.05, 3.63) is 54.6 Å². The SMILES string of the molecule is FC(F)(F)Oc1ccccc1Oc1ccccc1. The highest BCUT2D eigenvalue weighted by Gasteiger charge is 2.32. The lowest BCUT2D eigenvalue weighted by Gasteiger charge is -2.13. The second-order valence-corrected chi connectivity index (χ2v) is 3.41. The van der Waals surface area contributed by atoms with Crippen LogP contribution < -0.4 is 9.47 Å². The van der Waals surface area contributed by atoms with E-state index in [1.807, 2.05) is 0 Å². The molecule has 0 radical (unpaired) electrons. The first-order valence-corrected chi connectivity index (χ1v) is 5.12. The molecule has 0 atom stereocenters. The molecule has 0 unspecified atom stereocenters. The fourth-order valence-electron chi connectivity index (χ4n) is 1.36. The Morgan fingerprint density at radius 2 is 1.28 bits per heavy atom. The largest absolute Gasteiger partial charge is 0.573 e. The Bertz CT molecular complexity index is 509. The van der Waals surface area contributed by atoms with E-state index >= 15 is 0 Å². The van der Waals surface area contributed by atoms with Gasteiger partial charge < -0.3 is 9.47 Å². The minimum atomic E-state index is -4.74. The average Bonchev–Trinajstić information content (AvgIpc) is 2.31. The van der Waals surface area contributed by atoms with E-state index in [2.05, 4.69) is 4.74 Å². The fraction of sp³-hybridized carbons (Fsp3) is 0.0769. The number of hydrogen-bond acceptors (Lipinski definition) is 2. The smallest absolute Gasteiger partial charge is 0.453 e. The highest BCUT2D eigenvalue weighted by Crippen LogP contribution is 2.34. The first-order chi connectivity index (χ1) is 8.54. The van der Waals surface area contributed by atoms with Crippen LogP contribution in [0.3, 0.4) is 0 Å². The van der Waals surface area contributed by atoms with Gasteiger partial charge in [0, 0.05) is 0 Å². The van der Waals surface area contributed by atoms with Crippen LogP contribution in [0.15, 0.2) is 54.6 Å². The molecule has 2 rings (SSSR count). The molecular weight excluding hydrogens is 245 g/mol. The first-order valence-electron chi connectivity index (χ1n) is 5.12. The Labute approximate surface area is 102 Å². The number of benzene rings is 2. The van der Waals surface area contributed by atoms with Gasteiger partial charge in [0.1, 0.15) is 5.75 Å². The van der Waals surface area contributed by atoms with E-state index in [1.54, 1.807) is 36.4 Å². The third kappa shape index (κ3) is 3.41. The molecule has 18 heavy (non-hydrogen) atoms. The Morgan fingerprint density at radius 3 is 1.89 bits per heavy atom. The number of rotatable bonds is 3. The predicted molar refractivity (Wildman–Crippen MR) is 59.6 cm³/mol. The van der Waals surface area contributed by atoms with Gasteiger partial charge in [0.15, 0.2) is 11.5 Å². The first kappa shape index (κ1) is 12.3. The molecule has 0 saturated heterocycles. The molecule has 0 fully saturated rings. The monoisotopic (exact) mass is 254 g/mol. The van der Waals surface area contributed by atoms with Crippen LogP contribution in [-0.2, 0) is 0 Å². The molecule has 0 amide bonds. The highest BCUT2D eigenvalue weighted by atomic mass is 19.4. The second kappa shape index (κ2) is 5.00. The van der Waals surface area contributed by atoms with Gasteiger partial charge in [0.2, 0.25) is 0 Å². The number of hydrogen-bond donors (Lipinski definition) is 0. The Kier molecular flexibility index (Phi) is 3.41. The molecule has 5 heteroatoms. The lowest BCUT2D eigenvalue weighted by atomic mass is 10.3. The Hall–Kier alpha value is -2.17. The number of para-hydroxylation sites is 3. The van der Waals surface area contributed by atoms with Gasteiger partial charge >= 0.3 is 6.36 Å². The van der Waals surface area contributed by atoms with Crippen molar-refractivity contribution in [3.63, 3.8) is 0 Å². The van der Waals surface area contributed by atoms with Crippen molar-refractivity contribution in [1.82, 2.24) is 0 Å². The third-order valence-corrected chi connectivity index (χ3v) is 2.05. The third-order valence-electron chi connectivity index (χ3n) is 2.05. The fourth-order valence-corrected chi connectivity index (χ4v) is 1.36. The van der Waals surface area contributed by atoms with Gasteiger partial charge in [-0.2, -0.15) is 0 Å². The van der Waals surface area contributed by atoms with Crippen LogP contribution in [0.2, 0.25) is 0 Å². The summed E-state index contributed by atoms with van der Waals surface area (Å²) in [5.74, 6) is 0.0885. The summed E-state index contributed by atoms with van der Waals surface area (Å²) < 4.78 is 45.8. The Balaban J connectivity index is 2.23. The van der Waals surface area contributed by atoms with E-state index in [4.69, 9.17) is 4.74 Å². The molecule has 0 aliphatic rings. The predicted octanol–water partition coefficient (Wildman–Crippen LogP) is 4.38. The lowest BCUT2D eigenvalue weighted by Crippen LogP contribution is -2.17. The maximum absolute atomic E-state index is 12.2. The maximum atomic E-state index is 12.2. The van der Waals surface area contributed by atoms with Gasteiger partial charge in [0.05, 0.1) is 0 Å². The number of ether oxygens (including phenoxy) is 2. The molecule has 0 aliphatic heterocycles. The molecular formula is C13H9F3O2. The number of alkyl halides is 3. The van der Waals surface area contributed by atoms with Crippen LogP contribution in [0.5, 0.6) is 17.2 Å².